The Kier molecular flexibility index (Phi) is 10.1. The van der Waals surface area contributed by atoms with Gasteiger partial charge in [0.25, 0.3) is 0 Å². The van der Waals surface area contributed by atoms with Gasteiger partial charge in [-0.15, -0.1) is 0 Å². The topological polar surface area (TPSA) is 85.9 Å². The Morgan fingerprint density at radius 1 is 0.706 bits per heavy atom. The van der Waals surface area contributed by atoms with Gasteiger partial charge in [0.15, 0.2) is 6.61 Å². The van der Waals surface area contributed by atoms with E-state index in [0.29, 0.717) is 23.7 Å². The molecule has 0 bridgehead atoms. The predicted molar refractivity (Wildman–Crippen MR) is 203 cm³/mol. The molecule has 51 heavy (non-hydrogen) atoms. The molecule has 0 aliphatic rings. The molecule has 0 aliphatic heterocycles. The van der Waals surface area contributed by atoms with Crippen LogP contribution in [0.15, 0.2) is 174 Å². The minimum Gasteiger partial charge on any atom is -0.494 e. The molecule has 0 unspecified atom stereocenters. The zero-order valence-corrected chi connectivity index (χ0v) is 28.5. The summed E-state index contributed by atoms with van der Waals surface area (Å²) in [7, 11) is 0. The van der Waals surface area contributed by atoms with Gasteiger partial charge in [-0.3, -0.25) is 14.3 Å². The van der Waals surface area contributed by atoms with Crippen molar-refractivity contribution in [3.05, 3.63) is 206 Å². The summed E-state index contributed by atoms with van der Waals surface area (Å²) in [5.41, 5.74) is 5.25. The fraction of sp³-hybridized carbons (Fsp3) is 0.0930. The van der Waals surface area contributed by atoms with Crippen molar-refractivity contribution in [2.75, 3.05) is 13.2 Å². The Balaban J connectivity index is 1.03. The monoisotopic (exact) mass is 689 g/mol. The van der Waals surface area contributed by atoms with Gasteiger partial charge in [0, 0.05) is 23.7 Å². The third kappa shape index (κ3) is 7.22. The van der Waals surface area contributed by atoms with Crippen molar-refractivity contribution in [1.29, 1.82) is 0 Å². The average molecular weight is 690 g/mol. The second kappa shape index (κ2) is 15.5. The second-order valence-corrected chi connectivity index (χ2v) is 12.9. The highest BCUT2D eigenvalue weighted by Crippen LogP contribution is 2.43. The highest BCUT2D eigenvalue weighted by Gasteiger charge is 2.42. The number of pyridine rings is 1. The van der Waals surface area contributed by atoms with Crippen LogP contribution in [0.1, 0.15) is 32.7 Å². The molecule has 1 N–H and O–H groups in total. The molecule has 0 amide bonds. The first-order chi connectivity index (χ1) is 25.1. The van der Waals surface area contributed by atoms with Crippen molar-refractivity contribution < 1.29 is 14.7 Å². The van der Waals surface area contributed by atoms with Gasteiger partial charge in [0.1, 0.15) is 17.9 Å². The largest absolute Gasteiger partial charge is 0.494 e. The summed E-state index contributed by atoms with van der Waals surface area (Å²) >= 11 is 1.06. The van der Waals surface area contributed by atoms with E-state index >= 15 is 0 Å². The molecular formula is C43H35N3O4S. The van der Waals surface area contributed by atoms with Gasteiger partial charge >= 0.3 is 4.87 Å². The van der Waals surface area contributed by atoms with Crippen LogP contribution in [0, 0.1) is 0 Å². The lowest BCUT2D eigenvalue weighted by Gasteiger charge is -2.37. The van der Waals surface area contributed by atoms with Crippen LogP contribution in [0.4, 0.5) is 0 Å². The lowest BCUT2D eigenvalue weighted by Crippen LogP contribution is -2.42. The van der Waals surface area contributed by atoms with Crippen LogP contribution < -0.4 is 9.61 Å². The van der Waals surface area contributed by atoms with E-state index in [4.69, 9.17) is 9.57 Å². The molecule has 252 valence electrons. The summed E-state index contributed by atoms with van der Waals surface area (Å²) in [5.74, 6) is 0.626. The van der Waals surface area contributed by atoms with Gasteiger partial charge in [-0.05, 0) is 46.5 Å². The lowest BCUT2D eigenvalue weighted by molar-refractivity contribution is 0.108. The summed E-state index contributed by atoms with van der Waals surface area (Å²) in [5, 5.41) is 15.9. The van der Waals surface area contributed by atoms with Crippen molar-refractivity contribution in [3.63, 3.8) is 0 Å². The van der Waals surface area contributed by atoms with Crippen LogP contribution in [0.25, 0.3) is 11.3 Å². The standard InChI is InChI=1S/C43H35N3O4S/c47-41-40(51-42(48)46(41)43(35-15-7-2-8-16-35,36-17-9-3-10-18-36)37-19-11-4-12-20-37)29-32-21-24-38(25-22-32)49-27-28-50-45-31-33-23-26-39(44-30-33)34-13-5-1-6-14-34/h1-26,30-31,47H,27-29H2. The van der Waals surface area contributed by atoms with Crippen molar-refractivity contribution in [1.82, 2.24) is 9.55 Å². The minimum atomic E-state index is -1.09. The molecule has 0 aliphatic carbocycles. The molecule has 0 spiro atoms. The first kappa shape index (κ1) is 33.3. The highest BCUT2D eigenvalue weighted by atomic mass is 32.1. The molecule has 5 aromatic carbocycles. The maximum Gasteiger partial charge on any atom is 0.311 e. The number of ether oxygens (including phenoxy) is 1. The minimum absolute atomic E-state index is 0.0532. The zero-order valence-electron chi connectivity index (χ0n) is 27.7. The number of rotatable bonds is 13. The Morgan fingerprint density at radius 3 is 1.82 bits per heavy atom. The van der Waals surface area contributed by atoms with E-state index in [1.807, 2.05) is 158 Å². The van der Waals surface area contributed by atoms with Crippen LogP contribution >= 0.6 is 11.3 Å². The Bertz CT molecular complexity index is 2140. The molecule has 2 aromatic heterocycles. The molecule has 0 saturated heterocycles. The Hall–Kier alpha value is -6.25. The molecular weight excluding hydrogens is 655 g/mol. The third-order valence-corrected chi connectivity index (χ3v) is 9.56. The normalized spacial score (nSPS) is 11.5. The van der Waals surface area contributed by atoms with Crippen molar-refractivity contribution >= 4 is 17.6 Å². The highest BCUT2D eigenvalue weighted by molar-refractivity contribution is 7.09. The summed E-state index contributed by atoms with van der Waals surface area (Å²) in [4.78, 5) is 24.2. The fourth-order valence-electron chi connectivity index (χ4n) is 6.24. The van der Waals surface area contributed by atoms with Crippen molar-refractivity contribution in [2.24, 2.45) is 5.16 Å². The number of hydrogen-bond donors (Lipinski definition) is 1. The van der Waals surface area contributed by atoms with E-state index in [-0.39, 0.29) is 17.4 Å². The van der Waals surface area contributed by atoms with E-state index in [9.17, 15) is 9.90 Å². The maximum absolute atomic E-state index is 14.0. The number of benzene rings is 5. The maximum atomic E-state index is 14.0. The van der Waals surface area contributed by atoms with Crippen LogP contribution in [0.5, 0.6) is 11.6 Å². The summed E-state index contributed by atoms with van der Waals surface area (Å²) in [6, 6.07) is 51.1. The molecule has 0 atom stereocenters. The summed E-state index contributed by atoms with van der Waals surface area (Å²) in [6.07, 6.45) is 3.76. The van der Waals surface area contributed by atoms with Crippen LogP contribution in [-0.4, -0.2) is 34.1 Å². The summed E-state index contributed by atoms with van der Waals surface area (Å²) in [6.45, 7) is 0.586. The molecule has 7 rings (SSSR count). The molecule has 2 heterocycles. The second-order valence-electron chi connectivity index (χ2n) is 11.8. The quantitative estimate of drug-likeness (QED) is 0.0568. The molecule has 0 radical (unpaired) electrons. The number of aromatic nitrogens is 2. The van der Waals surface area contributed by atoms with Crippen molar-refractivity contribution in [2.45, 2.75) is 12.0 Å². The van der Waals surface area contributed by atoms with E-state index in [1.165, 1.54) is 0 Å². The lowest BCUT2D eigenvalue weighted by atomic mass is 9.76. The van der Waals surface area contributed by atoms with E-state index in [1.54, 1.807) is 17.0 Å². The van der Waals surface area contributed by atoms with E-state index in [0.717, 1.165) is 50.4 Å². The zero-order chi connectivity index (χ0) is 34.9. The van der Waals surface area contributed by atoms with Crippen molar-refractivity contribution in [3.8, 4) is 22.9 Å². The third-order valence-electron chi connectivity index (χ3n) is 8.63. The summed E-state index contributed by atoms with van der Waals surface area (Å²) < 4.78 is 7.40. The first-order valence-corrected chi connectivity index (χ1v) is 17.4. The number of oxime groups is 1. The molecule has 7 nitrogen and oxygen atoms in total. The molecule has 7 aromatic rings. The van der Waals surface area contributed by atoms with E-state index < -0.39 is 5.54 Å². The number of hydrogen-bond acceptors (Lipinski definition) is 7. The first-order valence-electron chi connectivity index (χ1n) is 16.6. The van der Waals surface area contributed by atoms with Gasteiger partial charge in [-0.1, -0.05) is 150 Å². The predicted octanol–water partition coefficient (Wildman–Crippen LogP) is 8.54. The number of nitrogens with zero attached hydrogens (tertiary/aromatic N) is 3. The Morgan fingerprint density at radius 2 is 1.27 bits per heavy atom. The fourth-order valence-corrected chi connectivity index (χ4v) is 7.19. The van der Waals surface area contributed by atoms with Gasteiger partial charge in [-0.2, -0.15) is 0 Å². The Labute approximate surface area is 300 Å². The molecule has 0 fully saturated rings. The SMILES string of the molecule is O=c1sc(Cc2ccc(OCCON=Cc3ccc(-c4ccccc4)nc3)cc2)c(O)n1C(c1ccccc1)(c1ccccc1)c1ccccc1. The molecule has 8 heteroatoms. The van der Waals surface area contributed by atoms with Crippen LogP contribution in [0.2, 0.25) is 0 Å². The van der Waals surface area contributed by atoms with Gasteiger partial charge in [-0.25, -0.2) is 0 Å². The van der Waals surface area contributed by atoms with Gasteiger partial charge < -0.3 is 14.7 Å². The van der Waals surface area contributed by atoms with Gasteiger partial charge in [0.2, 0.25) is 5.88 Å². The molecule has 0 saturated carbocycles. The smallest absolute Gasteiger partial charge is 0.311 e. The average Bonchev–Trinajstić information content (AvgIpc) is 3.47. The van der Waals surface area contributed by atoms with Gasteiger partial charge in [0.05, 0.1) is 16.8 Å². The number of thiazole rings is 1. The van der Waals surface area contributed by atoms with E-state index in [2.05, 4.69) is 10.1 Å². The number of aromatic hydroxyl groups is 1. The van der Waals surface area contributed by atoms with Crippen LogP contribution in [0.3, 0.4) is 0 Å². The van der Waals surface area contributed by atoms with Crippen LogP contribution in [-0.2, 0) is 16.8 Å².